The van der Waals surface area contributed by atoms with E-state index in [0.29, 0.717) is 23.9 Å². The van der Waals surface area contributed by atoms with Crippen molar-refractivity contribution in [1.29, 1.82) is 5.41 Å². The molecule has 0 aliphatic carbocycles. The van der Waals surface area contributed by atoms with Gasteiger partial charge in [-0.1, -0.05) is 74.6 Å². The van der Waals surface area contributed by atoms with Crippen molar-refractivity contribution in [1.82, 2.24) is 14.8 Å². The van der Waals surface area contributed by atoms with E-state index in [1.165, 1.54) is 9.80 Å². The van der Waals surface area contributed by atoms with E-state index in [9.17, 15) is 4.79 Å². The zero-order chi connectivity index (χ0) is 27.7. The molecule has 8 heteroatoms. The summed E-state index contributed by atoms with van der Waals surface area (Å²) in [6.07, 6.45) is 1.98. The first-order chi connectivity index (χ1) is 18.2. The maximum absolute atomic E-state index is 13.2. The SMILES string of the molecule is CC(=S)N(C)C(=O)N(CC(C)C)C(=N)CC(=NCc1ccc(-c2ccccn2)cc1)N(C)c1ccccc1. The molecule has 3 rings (SSSR count). The van der Waals surface area contributed by atoms with Crippen LogP contribution in [0.1, 0.15) is 32.8 Å². The number of pyridine rings is 1. The molecule has 1 heterocycles. The second-order valence-corrected chi connectivity index (χ2v) is 10.1. The Bertz CT molecular complexity index is 1260. The van der Waals surface area contributed by atoms with Crippen molar-refractivity contribution in [2.75, 3.05) is 25.5 Å². The second-order valence-electron chi connectivity index (χ2n) is 9.53. The molecule has 0 unspecified atom stereocenters. The third-order valence-electron chi connectivity index (χ3n) is 6.08. The molecular formula is C30H36N6OS. The van der Waals surface area contributed by atoms with Gasteiger partial charge >= 0.3 is 6.03 Å². The molecular weight excluding hydrogens is 492 g/mol. The summed E-state index contributed by atoms with van der Waals surface area (Å²) >= 11 is 5.22. The average Bonchev–Trinajstić information content (AvgIpc) is 2.93. The Kier molecular flexibility index (Phi) is 10.2. The summed E-state index contributed by atoms with van der Waals surface area (Å²) in [6.45, 7) is 6.62. The quantitative estimate of drug-likeness (QED) is 0.205. The van der Waals surface area contributed by atoms with E-state index in [1.54, 1.807) is 20.2 Å². The Morgan fingerprint density at radius 3 is 2.24 bits per heavy atom. The van der Waals surface area contributed by atoms with E-state index >= 15 is 0 Å². The molecule has 198 valence electrons. The van der Waals surface area contributed by atoms with Gasteiger partial charge in [-0.25, -0.2) is 4.79 Å². The standard InChI is InChI=1S/C30H36N6OS/c1-22(2)21-36(30(37)34(4)23(3)38)28(31)19-29(35(5)26-11-7-6-8-12-26)33-20-24-14-16-25(17-15-24)27-13-9-10-18-32-27/h6-18,22,31H,19-21H2,1-5H3. The van der Waals surface area contributed by atoms with Gasteiger partial charge in [-0.05, 0) is 42.7 Å². The van der Waals surface area contributed by atoms with Crippen molar-refractivity contribution >= 4 is 40.6 Å². The molecule has 2 aromatic carbocycles. The molecule has 38 heavy (non-hydrogen) atoms. The Hall–Kier alpha value is -3.91. The fourth-order valence-electron chi connectivity index (χ4n) is 3.81. The first-order valence-electron chi connectivity index (χ1n) is 12.6. The number of hydrogen-bond acceptors (Lipinski definition) is 5. The molecule has 0 fully saturated rings. The van der Waals surface area contributed by atoms with Gasteiger partial charge in [0.05, 0.1) is 23.6 Å². The fourth-order valence-corrected chi connectivity index (χ4v) is 3.89. The molecule has 0 radical (unpaired) electrons. The van der Waals surface area contributed by atoms with Crippen molar-refractivity contribution in [3.05, 3.63) is 84.6 Å². The fraction of sp³-hybridized carbons (Fsp3) is 0.300. The van der Waals surface area contributed by atoms with Crippen molar-refractivity contribution < 1.29 is 4.79 Å². The van der Waals surface area contributed by atoms with Gasteiger partial charge in [0.1, 0.15) is 11.7 Å². The summed E-state index contributed by atoms with van der Waals surface area (Å²) < 4.78 is 0. The number of thiocarbonyl (C=S) groups is 1. The number of amides is 2. The van der Waals surface area contributed by atoms with Crippen LogP contribution in [-0.2, 0) is 6.54 Å². The Labute approximate surface area is 231 Å². The van der Waals surface area contributed by atoms with Crippen molar-refractivity contribution in [2.45, 2.75) is 33.7 Å². The van der Waals surface area contributed by atoms with Crippen LogP contribution in [0, 0.1) is 11.3 Å². The van der Waals surface area contributed by atoms with E-state index in [4.69, 9.17) is 22.6 Å². The monoisotopic (exact) mass is 528 g/mol. The van der Waals surface area contributed by atoms with Gasteiger partial charge in [-0.2, -0.15) is 0 Å². The first kappa shape index (κ1) is 28.7. The normalized spacial score (nSPS) is 11.3. The van der Waals surface area contributed by atoms with Gasteiger partial charge in [0.2, 0.25) is 0 Å². The summed E-state index contributed by atoms with van der Waals surface area (Å²) in [5, 5.41) is 8.92. The average molecular weight is 529 g/mol. The molecule has 1 aromatic heterocycles. The summed E-state index contributed by atoms with van der Waals surface area (Å²) in [4.78, 5) is 27.9. The topological polar surface area (TPSA) is 75.9 Å². The number of nitrogens with zero attached hydrogens (tertiary/aromatic N) is 5. The van der Waals surface area contributed by atoms with Crippen LogP contribution in [-0.4, -0.2) is 58.1 Å². The maximum atomic E-state index is 13.2. The maximum Gasteiger partial charge on any atom is 0.330 e. The van der Waals surface area contributed by atoms with Gasteiger partial charge in [-0.15, -0.1) is 0 Å². The zero-order valence-corrected chi connectivity index (χ0v) is 23.6. The van der Waals surface area contributed by atoms with Crippen LogP contribution in [0.2, 0.25) is 0 Å². The minimum absolute atomic E-state index is 0.179. The van der Waals surface area contributed by atoms with Crippen LogP contribution in [0.3, 0.4) is 0 Å². The molecule has 0 spiro atoms. The number of rotatable bonds is 8. The lowest BCUT2D eigenvalue weighted by Crippen LogP contribution is -2.48. The van der Waals surface area contributed by atoms with Crippen LogP contribution in [0.4, 0.5) is 10.5 Å². The van der Waals surface area contributed by atoms with E-state index in [-0.39, 0.29) is 24.2 Å². The smallest absolute Gasteiger partial charge is 0.330 e. The van der Waals surface area contributed by atoms with Crippen LogP contribution < -0.4 is 4.90 Å². The highest BCUT2D eigenvalue weighted by molar-refractivity contribution is 7.80. The number of urea groups is 1. The molecule has 2 amide bonds. The molecule has 7 nitrogen and oxygen atoms in total. The lowest BCUT2D eigenvalue weighted by atomic mass is 10.1. The Morgan fingerprint density at radius 2 is 1.66 bits per heavy atom. The highest BCUT2D eigenvalue weighted by Gasteiger charge is 2.25. The van der Waals surface area contributed by atoms with Gasteiger partial charge in [0, 0.05) is 38.1 Å². The summed E-state index contributed by atoms with van der Waals surface area (Å²) in [5.74, 6) is 1.06. The van der Waals surface area contributed by atoms with Crippen molar-refractivity contribution in [2.24, 2.45) is 10.9 Å². The largest absolute Gasteiger partial charge is 0.333 e. The van der Waals surface area contributed by atoms with Gasteiger partial charge in [-0.3, -0.25) is 25.2 Å². The highest BCUT2D eigenvalue weighted by atomic mass is 32.1. The Balaban J connectivity index is 1.87. The first-order valence-corrected chi connectivity index (χ1v) is 13.0. The molecule has 0 saturated carbocycles. The molecule has 0 atom stereocenters. The highest BCUT2D eigenvalue weighted by Crippen LogP contribution is 2.19. The molecule has 0 bridgehead atoms. The number of aliphatic imine (C=N–C) groups is 1. The van der Waals surface area contributed by atoms with Crippen LogP contribution in [0.25, 0.3) is 11.3 Å². The van der Waals surface area contributed by atoms with Gasteiger partial charge in [0.15, 0.2) is 0 Å². The minimum Gasteiger partial charge on any atom is -0.333 e. The number of anilines is 1. The van der Waals surface area contributed by atoms with Crippen LogP contribution >= 0.6 is 12.2 Å². The number of carbonyl (C=O) groups is 1. The second kappa shape index (κ2) is 13.6. The molecule has 3 aromatic rings. The lowest BCUT2D eigenvalue weighted by Gasteiger charge is -2.31. The summed E-state index contributed by atoms with van der Waals surface area (Å²) in [6, 6.07) is 23.6. The number of para-hydroxylation sites is 1. The zero-order valence-electron chi connectivity index (χ0n) is 22.8. The lowest BCUT2D eigenvalue weighted by molar-refractivity contribution is 0.200. The van der Waals surface area contributed by atoms with Crippen LogP contribution in [0.15, 0.2) is 84.0 Å². The number of benzene rings is 2. The number of aromatic nitrogens is 1. The molecule has 0 aliphatic rings. The van der Waals surface area contributed by atoms with E-state index < -0.39 is 0 Å². The Morgan fingerprint density at radius 1 is 1.00 bits per heavy atom. The predicted octanol–water partition coefficient (Wildman–Crippen LogP) is 6.51. The van der Waals surface area contributed by atoms with E-state index in [1.807, 2.05) is 98.6 Å². The number of amidine groups is 2. The number of hydrogen-bond donors (Lipinski definition) is 1. The number of nitrogens with one attached hydrogen (secondary N) is 1. The van der Waals surface area contributed by atoms with Gasteiger partial charge in [0.25, 0.3) is 0 Å². The van der Waals surface area contributed by atoms with Crippen molar-refractivity contribution in [3.8, 4) is 11.3 Å². The third kappa shape index (κ3) is 7.79. The van der Waals surface area contributed by atoms with Gasteiger partial charge < -0.3 is 4.90 Å². The minimum atomic E-state index is -0.303. The predicted molar refractivity (Wildman–Crippen MR) is 161 cm³/mol. The summed E-state index contributed by atoms with van der Waals surface area (Å²) in [7, 11) is 3.58. The molecule has 0 aliphatic heterocycles. The molecule has 0 saturated heterocycles. The van der Waals surface area contributed by atoms with Crippen molar-refractivity contribution in [3.63, 3.8) is 0 Å². The summed E-state index contributed by atoms with van der Waals surface area (Å²) in [5.41, 5.74) is 3.97. The van der Waals surface area contributed by atoms with E-state index in [2.05, 4.69) is 4.98 Å². The third-order valence-corrected chi connectivity index (χ3v) is 6.35. The van der Waals surface area contributed by atoms with Crippen LogP contribution in [0.5, 0.6) is 0 Å². The molecule has 1 N–H and O–H groups in total. The van der Waals surface area contributed by atoms with E-state index in [0.717, 1.165) is 22.5 Å². The number of carbonyl (C=O) groups excluding carboxylic acids is 1.